The summed E-state index contributed by atoms with van der Waals surface area (Å²) in [6.07, 6.45) is 1.54. The first-order chi connectivity index (χ1) is 10.1. The van der Waals surface area contributed by atoms with Crippen LogP contribution in [0.2, 0.25) is 0 Å². The molecular formula is C16H23FN2O2. The topological polar surface area (TPSA) is 49.4 Å². The Morgan fingerprint density at radius 1 is 1.14 bits per heavy atom. The van der Waals surface area contributed by atoms with Gasteiger partial charge in [-0.3, -0.25) is 9.59 Å². The van der Waals surface area contributed by atoms with Crippen molar-refractivity contribution in [2.45, 2.75) is 39.7 Å². The summed E-state index contributed by atoms with van der Waals surface area (Å²) in [5.74, 6) is -0.909. The maximum atomic E-state index is 13.4. The highest BCUT2D eigenvalue weighted by atomic mass is 19.1. The normalized spacial score (nSPS) is 10.2. The first-order valence-corrected chi connectivity index (χ1v) is 7.36. The molecule has 0 radical (unpaired) electrons. The van der Waals surface area contributed by atoms with E-state index in [1.165, 1.54) is 6.07 Å². The molecule has 1 aromatic carbocycles. The van der Waals surface area contributed by atoms with Crippen LogP contribution in [0, 0.1) is 5.82 Å². The summed E-state index contributed by atoms with van der Waals surface area (Å²) >= 11 is 0. The molecule has 0 aliphatic carbocycles. The van der Waals surface area contributed by atoms with Gasteiger partial charge in [0.25, 0.3) is 0 Å². The number of carbonyl (C=O) groups excluding carboxylic acids is 2. The van der Waals surface area contributed by atoms with E-state index in [9.17, 15) is 14.0 Å². The van der Waals surface area contributed by atoms with Crippen molar-refractivity contribution in [3.8, 4) is 0 Å². The minimum Gasteiger partial charge on any atom is -0.351 e. The SMILES string of the molecule is CCCN(CCC)C(=O)CC(=O)NCc1ccccc1F. The molecule has 0 bridgehead atoms. The van der Waals surface area contributed by atoms with Gasteiger partial charge in [0.1, 0.15) is 12.2 Å². The van der Waals surface area contributed by atoms with E-state index in [0.29, 0.717) is 18.7 Å². The molecule has 0 unspecified atom stereocenters. The van der Waals surface area contributed by atoms with E-state index >= 15 is 0 Å². The van der Waals surface area contributed by atoms with Crippen molar-refractivity contribution in [1.82, 2.24) is 10.2 Å². The summed E-state index contributed by atoms with van der Waals surface area (Å²) in [6.45, 7) is 5.41. The second-order valence-corrected chi connectivity index (χ2v) is 4.93. The van der Waals surface area contributed by atoms with Gasteiger partial charge in [-0.2, -0.15) is 0 Å². The maximum Gasteiger partial charge on any atom is 0.232 e. The molecule has 116 valence electrons. The second-order valence-electron chi connectivity index (χ2n) is 4.93. The van der Waals surface area contributed by atoms with E-state index in [2.05, 4.69) is 5.32 Å². The van der Waals surface area contributed by atoms with Crippen molar-refractivity contribution >= 4 is 11.8 Å². The van der Waals surface area contributed by atoms with Crippen molar-refractivity contribution in [2.24, 2.45) is 0 Å². The predicted molar refractivity (Wildman–Crippen MR) is 80.0 cm³/mol. The van der Waals surface area contributed by atoms with Gasteiger partial charge in [-0.1, -0.05) is 32.0 Å². The Labute approximate surface area is 125 Å². The van der Waals surface area contributed by atoms with Crippen LogP contribution in [0.15, 0.2) is 24.3 Å². The van der Waals surface area contributed by atoms with Crippen LogP contribution in [-0.2, 0) is 16.1 Å². The lowest BCUT2D eigenvalue weighted by Crippen LogP contribution is -2.36. The monoisotopic (exact) mass is 294 g/mol. The number of benzene rings is 1. The second kappa shape index (κ2) is 9.10. The highest BCUT2D eigenvalue weighted by molar-refractivity contribution is 5.96. The van der Waals surface area contributed by atoms with Crippen LogP contribution in [0.3, 0.4) is 0 Å². The van der Waals surface area contributed by atoms with Crippen molar-refractivity contribution < 1.29 is 14.0 Å². The van der Waals surface area contributed by atoms with E-state index in [1.54, 1.807) is 23.1 Å². The third-order valence-electron chi connectivity index (χ3n) is 3.09. The molecule has 0 saturated carbocycles. The summed E-state index contributed by atoms with van der Waals surface area (Å²) in [4.78, 5) is 25.5. The zero-order chi connectivity index (χ0) is 15.7. The van der Waals surface area contributed by atoms with Crippen LogP contribution in [0.4, 0.5) is 4.39 Å². The lowest BCUT2D eigenvalue weighted by Gasteiger charge is -2.21. The number of nitrogens with zero attached hydrogens (tertiary/aromatic N) is 1. The standard InChI is InChI=1S/C16H23FN2O2/c1-3-9-19(10-4-2)16(21)11-15(20)18-12-13-7-5-6-8-14(13)17/h5-8H,3-4,9-12H2,1-2H3,(H,18,20). The van der Waals surface area contributed by atoms with Gasteiger partial charge in [-0.05, 0) is 18.9 Å². The van der Waals surface area contributed by atoms with Crippen LogP contribution >= 0.6 is 0 Å². The molecule has 2 amide bonds. The molecule has 0 fully saturated rings. The van der Waals surface area contributed by atoms with Crippen LogP contribution in [0.5, 0.6) is 0 Å². The lowest BCUT2D eigenvalue weighted by atomic mass is 10.2. The average Bonchev–Trinajstić information content (AvgIpc) is 2.46. The number of hydrogen-bond acceptors (Lipinski definition) is 2. The Balaban J connectivity index is 2.45. The summed E-state index contributed by atoms with van der Waals surface area (Å²) in [5.41, 5.74) is 0.414. The van der Waals surface area contributed by atoms with Crippen LogP contribution < -0.4 is 5.32 Å². The fourth-order valence-corrected chi connectivity index (χ4v) is 2.05. The third kappa shape index (κ3) is 5.94. The molecule has 1 N–H and O–H groups in total. The van der Waals surface area contributed by atoms with Crippen LogP contribution in [0.1, 0.15) is 38.7 Å². The zero-order valence-corrected chi connectivity index (χ0v) is 12.7. The quantitative estimate of drug-likeness (QED) is 0.749. The largest absolute Gasteiger partial charge is 0.351 e. The Morgan fingerprint density at radius 3 is 2.33 bits per heavy atom. The van der Waals surface area contributed by atoms with Crippen LogP contribution in [0.25, 0.3) is 0 Å². The van der Waals surface area contributed by atoms with Gasteiger partial charge in [0.05, 0.1) is 0 Å². The van der Waals surface area contributed by atoms with E-state index in [4.69, 9.17) is 0 Å². The number of halogens is 1. The fraction of sp³-hybridized carbons (Fsp3) is 0.500. The molecule has 0 atom stereocenters. The molecule has 0 aliphatic rings. The van der Waals surface area contributed by atoms with E-state index in [-0.39, 0.29) is 30.6 Å². The van der Waals surface area contributed by atoms with Gasteiger partial charge >= 0.3 is 0 Å². The molecule has 21 heavy (non-hydrogen) atoms. The molecule has 0 spiro atoms. The fourth-order valence-electron chi connectivity index (χ4n) is 2.05. The molecular weight excluding hydrogens is 271 g/mol. The summed E-state index contributed by atoms with van der Waals surface area (Å²) in [6, 6.07) is 6.26. The van der Waals surface area contributed by atoms with Crippen molar-refractivity contribution in [1.29, 1.82) is 0 Å². The highest BCUT2D eigenvalue weighted by Crippen LogP contribution is 2.06. The van der Waals surface area contributed by atoms with E-state index in [1.807, 2.05) is 13.8 Å². The molecule has 1 aromatic rings. The van der Waals surface area contributed by atoms with Crippen molar-refractivity contribution in [3.63, 3.8) is 0 Å². The Morgan fingerprint density at radius 2 is 1.76 bits per heavy atom. The third-order valence-corrected chi connectivity index (χ3v) is 3.09. The van der Waals surface area contributed by atoms with Gasteiger partial charge in [-0.15, -0.1) is 0 Å². The minimum absolute atomic E-state index is 0.0976. The first-order valence-electron chi connectivity index (χ1n) is 7.36. The molecule has 4 nitrogen and oxygen atoms in total. The molecule has 5 heteroatoms. The molecule has 1 rings (SSSR count). The first kappa shape index (κ1) is 17.1. The van der Waals surface area contributed by atoms with Crippen molar-refractivity contribution in [2.75, 3.05) is 13.1 Å². The maximum absolute atomic E-state index is 13.4. The van der Waals surface area contributed by atoms with Crippen LogP contribution in [-0.4, -0.2) is 29.8 Å². The van der Waals surface area contributed by atoms with Gasteiger partial charge in [-0.25, -0.2) is 4.39 Å². The van der Waals surface area contributed by atoms with Gasteiger partial charge in [0.15, 0.2) is 0 Å². The van der Waals surface area contributed by atoms with E-state index in [0.717, 1.165) is 12.8 Å². The number of amides is 2. The summed E-state index contributed by atoms with van der Waals surface area (Å²) in [7, 11) is 0. The summed E-state index contributed by atoms with van der Waals surface area (Å²) in [5, 5.41) is 2.58. The van der Waals surface area contributed by atoms with Crippen molar-refractivity contribution in [3.05, 3.63) is 35.6 Å². The summed E-state index contributed by atoms with van der Waals surface area (Å²) < 4.78 is 13.4. The molecule has 0 aromatic heterocycles. The number of nitrogens with one attached hydrogen (secondary N) is 1. The molecule has 0 saturated heterocycles. The predicted octanol–water partition coefficient (Wildman–Crippen LogP) is 2.48. The number of rotatable bonds is 8. The molecule has 0 aliphatic heterocycles. The molecule has 0 heterocycles. The average molecular weight is 294 g/mol. The highest BCUT2D eigenvalue weighted by Gasteiger charge is 2.16. The Bertz CT molecular complexity index is 471. The van der Waals surface area contributed by atoms with E-state index < -0.39 is 0 Å². The Hall–Kier alpha value is -1.91. The lowest BCUT2D eigenvalue weighted by molar-refractivity contribution is -0.136. The Kier molecular flexibility index (Phi) is 7.43. The van der Waals surface area contributed by atoms with Gasteiger partial charge in [0.2, 0.25) is 11.8 Å². The number of hydrogen-bond donors (Lipinski definition) is 1. The smallest absolute Gasteiger partial charge is 0.232 e. The zero-order valence-electron chi connectivity index (χ0n) is 12.7. The number of carbonyl (C=O) groups is 2. The minimum atomic E-state index is -0.375. The van der Waals surface area contributed by atoms with Gasteiger partial charge in [0, 0.05) is 25.2 Å². The van der Waals surface area contributed by atoms with Gasteiger partial charge < -0.3 is 10.2 Å².